The quantitative estimate of drug-likeness (QED) is 0.787. The van der Waals surface area contributed by atoms with Crippen molar-refractivity contribution in [1.82, 2.24) is 19.1 Å². The monoisotopic (exact) mass is 388 g/mol. The van der Waals surface area contributed by atoms with Gasteiger partial charge in [-0.3, -0.25) is 0 Å². The SMILES string of the molecule is CCn1cnnc1C1CN(S(=O)(=O)c2ccc(C(C)C)cc2)CC12CCC2. The van der Waals surface area contributed by atoms with Crippen LogP contribution in [0.4, 0.5) is 0 Å². The number of aryl methyl sites for hydroxylation is 1. The molecule has 0 radical (unpaired) electrons. The van der Waals surface area contributed by atoms with Gasteiger partial charge < -0.3 is 4.57 Å². The molecule has 0 bridgehead atoms. The smallest absolute Gasteiger partial charge is 0.243 e. The Morgan fingerprint density at radius 2 is 1.93 bits per heavy atom. The van der Waals surface area contributed by atoms with Gasteiger partial charge in [-0.25, -0.2) is 8.42 Å². The number of hydrogen-bond donors (Lipinski definition) is 0. The lowest BCUT2D eigenvalue weighted by Gasteiger charge is -2.42. The predicted molar refractivity (Wildman–Crippen MR) is 104 cm³/mol. The summed E-state index contributed by atoms with van der Waals surface area (Å²) < 4.78 is 30.3. The van der Waals surface area contributed by atoms with Gasteiger partial charge in [0.1, 0.15) is 12.2 Å². The molecule has 1 saturated carbocycles. The molecule has 7 heteroatoms. The molecule has 27 heavy (non-hydrogen) atoms. The lowest BCUT2D eigenvalue weighted by atomic mass is 9.62. The first kappa shape index (κ1) is 18.6. The van der Waals surface area contributed by atoms with Gasteiger partial charge in [0.25, 0.3) is 0 Å². The summed E-state index contributed by atoms with van der Waals surface area (Å²) in [5, 5.41) is 8.44. The van der Waals surface area contributed by atoms with Crippen LogP contribution >= 0.6 is 0 Å². The van der Waals surface area contributed by atoms with Crippen molar-refractivity contribution in [2.24, 2.45) is 5.41 Å². The fourth-order valence-electron chi connectivity index (χ4n) is 4.55. The lowest BCUT2D eigenvalue weighted by Crippen LogP contribution is -2.38. The third kappa shape index (κ3) is 3.01. The summed E-state index contributed by atoms with van der Waals surface area (Å²) in [6, 6.07) is 7.36. The number of sulfonamides is 1. The van der Waals surface area contributed by atoms with Gasteiger partial charge in [-0.05, 0) is 48.8 Å². The van der Waals surface area contributed by atoms with Crippen LogP contribution in [-0.2, 0) is 16.6 Å². The van der Waals surface area contributed by atoms with E-state index in [0.29, 0.717) is 23.9 Å². The highest BCUT2D eigenvalue weighted by Gasteiger charge is 2.55. The molecule has 2 aromatic rings. The average molecular weight is 389 g/mol. The van der Waals surface area contributed by atoms with Crippen molar-refractivity contribution >= 4 is 10.0 Å². The van der Waals surface area contributed by atoms with Crippen molar-refractivity contribution < 1.29 is 8.42 Å². The van der Waals surface area contributed by atoms with Crippen molar-refractivity contribution in [2.45, 2.75) is 63.3 Å². The van der Waals surface area contributed by atoms with Crippen LogP contribution in [0.2, 0.25) is 0 Å². The lowest BCUT2D eigenvalue weighted by molar-refractivity contribution is 0.125. The second-order valence-electron chi connectivity index (χ2n) is 8.26. The van der Waals surface area contributed by atoms with Crippen molar-refractivity contribution in [3.8, 4) is 0 Å². The van der Waals surface area contributed by atoms with Crippen molar-refractivity contribution in [3.05, 3.63) is 42.0 Å². The Bertz CT molecular complexity index is 914. The highest BCUT2D eigenvalue weighted by atomic mass is 32.2. The Labute approximate surface area is 161 Å². The summed E-state index contributed by atoms with van der Waals surface area (Å²) in [5.41, 5.74) is 1.17. The van der Waals surface area contributed by atoms with E-state index in [9.17, 15) is 8.42 Å². The summed E-state index contributed by atoms with van der Waals surface area (Å²) in [4.78, 5) is 0.388. The maximum Gasteiger partial charge on any atom is 0.243 e. The number of aromatic nitrogens is 3. The van der Waals surface area contributed by atoms with Gasteiger partial charge in [-0.15, -0.1) is 10.2 Å². The Morgan fingerprint density at radius 3 is 2.48 bits per heavy atom. The molecule has 1 aliphatic heterocycles. The minimum Gasteiger partial charge on any atom is -0.318 e. The number of rotatable bonds is 5. The molecule has 2 heterocycles. The minimum atomic E-state index is -3.50. The standard InChI is InChI=1S/C20H28N4O2S/c1-4-23-14-21-22-19(23)18-12-24(13-20(18)10-5-11-20)27(25,26)17-8-6-16(7-9-17)15(2)3/h6-9,14-15,18H,4-5,10-13H2,1-3H3. The highest BCUT2D eigenvalue weighted by Crippen LogP contribution is 2.56. The summed E-state index contributed by atoms with van der Waals surface area (Å²) in [6.07, 6.45) is 5.04. The maximum absolute atomic E-state index is 13.3. The molecule has 2 aliphatic rings. The van der Waals surface area contributed by atoms with E-state index in [1.165, 1.54) is 0 Å². The molecule has 1 saturated heterocycles. The zero-order valence-electron chi connectivity index (χ0n) is 16.3. The molecule has 1 spiro atoms. The molecule has 1 unspecified atom stereocenters. The van der Waals surface area contributed by atoms with E-state index in [0.717, 1.165) is 37.2 Å². The summed E-state index contributed by atoms with van der Waals surface area (Å²) in [7, 11) is -3.50. The number of nitrogens with zero attached hydrogens (tertiary/aromatic N) is 4. The second-order valence-corrected chi connectivity index (χ2v) is 10.2. The van der Waals surface area contributed by atoms with Gasteiger partial charge in [0.05, 0.1) is 4.90 Å². The van der Waals surface area contributed by atoms with Crippen LogP contribution in [0.5, 0.6) is 0 Å². The van der Waals surface area contributed by atoms with Gasteiger partial charge in [0.15, 0.2) is 0 Å². The van der Waals surface area contributed by atoms with Crippen LogP contribution < -0.4 is 0 Å². The normalized spacial score (nSPS) is 22.4. The summed E-state index contributed by atoms with van der Waals surface area (Å²) in [5.74, 6) is 1.44. The fourth-order valence-corrected chi connectivity index (χ4v) is 6.10. The molecule has 0 N–H and O–H groups in total. The Morgan fingerprint density at radius 1 is 1.22 bits per heavy atom. The fraction of sp³-hybridized carbons (Fsp3) is 0.600. The third-order valence-corrected chi connectivity index (χ3v) is 8.27. The first-order chi connectivity index (χ1) is 12.9. The summed E-state index contributed by atoms with van der Waals surface area (Å²) in [6.45, 7) is 8.17. The molecule has 1 atom stereocenters. The van der Waals surface area contributed by atoms with Crippen molar-refractivity contribution in [1.29, 1.82) is 0 Å². The first-order valence-electron chi connectivity index (χ1n) is 9.85. The largest absolute Gasteiger partial charge is 0.318 e. The van der Waals surface area contributed by atoms with Crippen LogP contribution in [0.15, 0.2) is 35.5 Å². The molecule has 4 rings (SSSR count). The van der Waals surface area contributed by atoms with E-state index in [1.54, 1.807) is 22.8 Å². The Hall–Kier alpha value is -1.73. The van der Waals surface area contributed by atoms with Crippen LogP contribution in [-0.4, -0.2) is 40.6 Å². The van der Waals surface area contributed by atoms with Crippen molar-refractivity contribution in [3.63, 3.8) is 0 Å². The third-order valence-electron chi connectivity index (χ3n) is 6.45. The molecule has 1 aromatic carbocycles. The van der Waals surface area contributed by atoms with E-state index >= 15 is 0 Å². The molecular formula is C20H28N4O2S. The second kappa shape index (κ2) is 6.71. The molecule has 1 aromatic heterocycles. The van der Waals surface area contributed by atoms with Gasteiger partial charge in [0.2, 0.25) is 10.0 Å². The molecule has 146 valence electrons. The highest BCUT2D eigenvalue weighted by molar-refractivity contribution is 7.89. The number of benzene rings is 1. The average Bonchev–Trinajstić information content (AvgIpc) is 3.25. The predicted octanol–water partition coefficient (Wildman–Crippen LogP) is 3.38. The van der Waals surface area contributed by atoms with E-state index in [4.69, 9.17) is 0 Å². The van der Waals surface area contributed by atoms with E-state index < -0.39 is 10.0 Å². The van der Waals surface area contributed by atoms with Gasteiger partial charge in [-0.1, -0.05) is 32.4 Å². The molecule has 2 fully saturated rings. The maximum atomic E-state index is 13.3. The molecule has 0 amide bonds. The van der Waals surface area contributed by atoms with Crippen LogP contribution in [0.25, 0.3) is 0 Å². The van der Waals surface area contributed by atoms with Gasteiger partial charge in [-0.2, -0.15) is 4.31 Å². The summed E-state index contributed by atoms with van der Waals surface area (Å²) >= 11 is 0. The Kier molecular flexibility index (Phi) is 4.63. The van der Waals surface area contributed by atoms with Crippen LogP contribution in [0, 0.1) is 5.41 Å². The van der Waals surface area contributed by atoms with E-state index in [1.807, 2.05) is 12.1 Å². The van der Waals surface area contributed by atoms with Crippen LogP contribution in [0.3, 0.4) is 0 Å². The zero-order chi connectivity index (χ0) is 19.2. The van der Waals surface area contributed by atoms with E-state index in [-0.39, 0.29) is 11.3 Å². The van der Waals surface area contributed by atoms with E-state index in [2.05, 4.69) is 35.5 Å². The topological polar surface area (TPSA) is 68.1 Å². The molecule has 6 nitrogen and oxygen atoms in total. The molecule has 1 aliphatic carbocycles. The first-order valence-corrected chi connectivity index (χ1v) is 11.3. The van der Waals surface area contributed by atoms with Crippen LogP contribution in [0.1, 0.15) is 63.3 Å². The molecular weight excluding hydrogens is 360 g/mol. The van der Waals surface area contributed by atoms with Crippen molar-refractivity contribution in [2.75, 3.05) is 13.1 Å². The minimum absolute atomic E-state index is 0.0187. The van der Waals surface area contributed by atoms with Gasteiger partial charge >= 0.3 is 0 Å². The zero-order valence-corrected chi connectivity index (χ0v) is 17.1. The Balaban J connectivity index is 1.64. The number of hydrogen-bond acceptors (Lipinski definition) is 4. The van der Waals surface area contributed by atoms with Gasteiger partial charge in [0, 0.05) is 25.6 Å².